The minimum absolute atomic E-state index is 0.00476. The van der Waals surface area contributed by atoms with Gasteiger partial charge in [0.1, 0.15) is 5.75 Å². The summed E-state index contributed by atoms with van der Waals surface area (Å²) in [5.41, 5.74) is 5.86. The van der Waals surface area contributed by atoms with Gasteiger partial charge in [-0.15, -0.1) is 0 Å². The summed E-state index contributed by atoms with van der Waals surface area (Å²) in [6.45, 7) is -0.298. The van der Waals surface area contributed by atoms with Crippen LogP contribution in [0.25, 0.3) is 0 Å². The lowest BCUT2D eigenvalue weighted by molar-refractivity contribution is -0.125. The van der Waals surface area contributed by atoms with Crippen molar-refractivity contribution >= 4 is 40.7 Å². The Hall–Kier alpha value is -2.44. The van der Waals surface area contributed by atoms with Crippen molar-refractivity contribution in [2.75, 3.05) is 18.1 Å². The van der Waals surface area contributed by atoms with E-state index < -0.39 is 12.0 Å². The Labute approximate surface area is 154 Å². The molecule has 3 rings (SSSR count). The number of hydrogen-bond acceptors (Lipinski definition) is 4. The number of hydrogen-bond donors (Lipinski definition) is 1. The van der Waals surface area contributed by atoms with Crippen LogP contribution in [0.2, 0.25) is 10.0 Å². The van der Waals surface area contributed by atoms with Crippen LogP contribution >= 0.6 is 23.2 Å². The van der Waals surface area contributed by atoms with Gasteiger partial charge in [-0.25, -0.2) is 0 Å². The Morgan fingerprint density at radius 1 is 1.16 bits per heavy atom. The maximum atomic E-state index is 12.6. The highest BCUT2D eigenvalue weighted by Gasteiger charge is 2.32. The molecular formula is C17H14Cl2N2O4. The molecule has 0 saturated heterocycles. The number of amides is 2. The molecule has 0 radical (unpaired) electrons. The minimum atomic E-state index is -0.928. The lowest BCUT2D eigenvalue weighted by Gasteiger charge is -2.33. The monoisotopic (exact) mass is 380 g/mol. The summed E-state index contributed by atoms with van der Waals surface area (Å²) in [4.78, 5) is 25.5. The first-order valence-corrected chi connectivity index (χ1v) is 8.15. The predicted octanol–water partition coefficient (Wildman–Crippen LogP) is 2.65. The number of carbonyl (C=O) groups is 2. The second-order valence-corrected chi connectivity index (χ2v) is 6.13. The van der Waals surface area contributed by atoms with Crippen LogP contribution in [-0.4, -0.2) is 31.1 Å². The average molecular weight is 381 g/mol. The molecule has 0 aliphatic carbocycles. The van der Waals surface area contributed by atoms with Crippen LogP contribution in [0.15, 0.2) is 42.5 Å². The van der Waals surface area contributed by atoms with Crippen LogP contribution in [-0.2, 0) is 9.59 Å². The third kappa shape index (κ3) is 3.65. The average Bonchev–Trinajstić information content (AvgIpc) is 2.60. The molecular weight excluding hydrogens is 367 g/mol. The highest BCUT2D eigenvalue weighted by molar-refractivity contribution is 6.37. The van der Waals surface area contributed by atoms with Gasteiger partial charge in [-0.05, 0) is 24.3 Å². The number of fused-ring (bicyclic) bond motifs is 1. The number of benzene rings is 2. The van der Waals surface area contributed by atoms with Gasteiger partial charge in [-0.3, -0.25) is 9.59 Å². The Morgan fingerprint density at radius 2 is 1.84 bits per heavy atom. The van der Waals surface area contributed by atoms with Gasteiger partial charge in [-0.1, -0.05) is 41.4 Å². The zero-order chi connectivity index (χ0) is 18.0. The molecule has 25 heavy (non-hydrogen) atoms. The molecule has 2 N–H and O–H groups in total. The van der Waals surface area contributed by atoms with Crippen molar-refractivity contribution in [3.63, 3.8) is 0 Å². The molecule has 0 fully saturated rings. The van der Waals surface area contributed by atoms with Crippen molar-refractivity contribution in [2.45, 2.75) is 6.10 Å². The Kier molecular flexibility index (Phi) is 5.01. The van der Waals surface area contributed by atoms with Crippen LogP contribution in [0, 0.1) is 0 Å². The van der Waals surface area contributed by atoms with E-state index >= 15 is 0 Å². The van der Waals surface area contributed by atoms with E-state index in [1.54, 1.807) is 42.5 Å². The summed E-state index contributed by atoms with van der Waals surface area (Å²) in [6.07, 6.45) is -0.928. The van der Waals surface area contributed by atoms with Crippen LogP contribution in [0.5, 0.6) is 11.5 Å². The first kappa shape index (κ1) is 17.4. The fourth-order valence-electron chi connectivity index (χ4n) is 2.45. The second kappa shape index (κ2) is 7.21. The highest BCUT2D eigenvalue weighted by atomic mass is 35.5. The van der Waals surface area contributed by atoms with Crippen molar-refractivity contribution in [3.8, 4) is 11.5 Å². The normalized spacial score (nSPS) is 15.9. The number of nitrogens with zero attached hydrogens (tertiary/aromatic N) is 1. The number of nitrogens with two attached hydrogens (primary N) is 1. The van der Waals surface area contributed by atoms with E-state index in [1.807, 2.05) is 0 Å². The fourth-order valence-corrected chi connectivity index (χ4v) is 2.96. The fraction of sp³-hybridized carbons (Fsp3) is 0.176. The lowest BCUT2D eigenvalue weighted by Crippen LogP contribution is -2.50. The molecule has 0 unspecified atom stereocenters. The third-order valence-corrected chi connectivity index (χ3v) is 4.25. The molecule has 6 nitrogen and oxygen atoms in total. The molecule has 1 aliphatic rings. The predicted molar refractivity (Wildman–Crippen MR) is 94.4 cm³/mol. The number of para-hydroxylation sites is 3. The summed E-state index contributed by atoms with van der Waals surface area (Å²) in [5.74, 6) is -0.394. The van der Waals surface area contributed by atoms with E-state index in [9.17, 15) is 9.59 Å². The minimum Gasteiger partial charge on any atom is -0.481 e. The van der Waals surface area contributed by atoms with Gasteiger partial charge in [0.05, 0.1) is 22.3 Å². The molecule has 2 aromatic rings. The topological polar surface area (TPSA) is 81.9 Å². The standard InChI is InChI=1S/C17H14Cl2N2O4/c18-10-4-3-5-11(19)16(10)24-9-15(22)21-8-14(17(20)23)25-13-7-2-1-6-12(13)21/h1-7,14H,8-9H2,(H2,20,23)/t14-/m0/s1. The summed E-state index contributed by atoms with van der Waals surface area (Å²) < 4.78 is 11.0. The van der Waals surface area contributed by atoms with E-state index in [0.717, 1.165) is 0 Å². The number of anilines is 1. The summed E-state index contributed by atoms with van der Waals surface area (Å²) >= 11 is 12.1. The van der Waals surface area contributed by atoms with E-state index in [0.29, 0.717) is 21.5 Å². The zero-order valence-electron chi connectivity index (χ0n) is 12.9. The van der Waals surface area contributed by atoms with Crippen LogP contribution in [0.3, 0.4) is 0 Å². The van der Waals surface area contributed by atoms with Gasteiger partial charge in [0, 0.05) is 0 Å². The van der Waals surface area contributed by atoms with Gasteiger partial charge in [0.2, 0.25) is 0 Å². The summed E-state index contributed by atoms with van der Waals surface area (Å²) in [5, 5.41) is 0.607. The molecule has 1 aliphatic heterocycles. The molecule has 0 saturated carbocycles. The summed E-state index contributed by atoms with van der Waals surface area (Å²) in [7, 11) is 0. The Morgan fingerprint density at radius 3 is 2.52 bits per heavy atom. The maximum absolute atomic E-state index is 12.6. The van der Waals surface area contributed by atoms with Gasteiger partial charge >= 0.3 is 0 Å². The van der Waals surface area contributed by atoms with E-state index in [-0.39, 0.29) is 24.8 Å². The molecule has 130 valence electrons. The van der Waals surface area contributed by atoms with Crippen LogP contribution in [0.1, 0.15) is 0 Å². The summed E-state index contributed by atoms with van der Waals surface area (Å²) in [6, 6.07) is 11.8. The first-order chi connectivity index (χ1) is 12.0. The number of primary amides is 1. The molecule has 1 heterocycles. The molecule has 8 heteroatoms. The molecule has 0 bridgehead atoms. The lowest BCUT2D eigenvalue weighted by atomic mass is 10.2. The maximum Gasteiger partial charge on any atom is 0.265 e. The second-order valence-electron chi connectivity index (χ2n) is 5.32. The number of halogens is 2. The highest BCUT2D eigenvalue weighted by Crippen LogP contribution is 2.34. The van der Waals surface area contributed by atoms with Crippen molar-refractivity contribution < 1.29 is 19.1 Å². The van der Waals surface area contributed by atoms with Gasteiger partial charge in [0.25, 0.3) is 11.8 Å². The SMILES string of the molecule is NC(=O)[C@@H]1CN(C(=O)COc2c(Cl)cccc2Cl)c2ccccc2O1. The molecule has 2 amide bonds. The molecule has 1 atom stereocenters. The molecule has 0 spiro atoms. The van der Waals surface area contributed by atoms with E-state index in [4.69, 9.17) is 38.4 Å². The van der Waals surface area contributed by atoms with Gasteiger partial charge in [-0.2, -0.15) is 0 Å². The number of ether oxygens (including phenoxy) is 2. The largest absolute Gasteiger partial charge is 0.481 e. The third-order valence-electron chi connectivity index (χ3n) is 3.65. The van der Waals surface area contributed by atoms with Crippen LogP contribution in [0.4, 0.5) is 5.69 Å². The van der Waals surface area contributed by atoms with Gasteiger partial charge in [0.15, 0.2) is 18.5 Å². The quantitative estimate of drug-likeness (QED) is 0.883. The number of carbonyl (C=O) groups excluding carboxylic acids is 2. The molecule has 2 aromatic carbocycles. The number of rotatable bonds is 4. The van der Waals surface area contributed by atoms with Crippen molar-refractivity contribution in [3.05, 3.63) is 52.5 Å². The van der Waals surface area contributed by atoms with E-state index in [2.05, 4.69) is 0 Å². The smallest absolute Gasteiger partial charge is 0.265 e. The first-order valence-electron chi connectivity index (χ1n) is 7.39. The van der Waals surface area contributed by atoms with Crippen molar-refractivity contribution in [1.82, 2.24) is 0 Å². The van der Waals surface area contributed by atoms with Gasteiger partial charge < -0.3 is 20.1 Å². The van der Waals surface area contributed by atoms with Crippen LogP contribution < -0.4 is 20.1 Å². The van der Waals surface area contributed by atoms with Crippen molar-refractivity contribution in [1.29, 1.82) is 0 Å². The van der Waals surface area contributed by atoms with E-state index in [1.165, 1.54) is 4.90 Å². The zero-order valence-corrected chi connectivity index (χ0v) is 14.5. The molecule has 0 aromatic heterocycles. The Bertz CT molecular complexity index is 808. The van der Waals surface area contributed by atoms with Crippen molar-refractivity contribution in [2.24, 2.45) is 5.73 Å². The Balaban J connectivity index is 1.80.